The molecule has 0 fully saturated rings. The molecule has 5 rings (SSSR count). The van der Waals surface area contributed by atoms with Crippen LogP contribution < -0.4 is 11.1 Å². The number of ketones is 1. The van der Waals surface area contributed by atoms with E-state index in [0.717, 1.165) is 17.0 Å². The Bertz CT molecular complexity index is 1830. The third-order valence-electron chi connectivity index (χ3n) is 7.21. The topological polar surface area (TPSA) is 107 Å². The maximum Gasteiger partial charge on any atom is 0.248 e. The Balaban J connectivity index is 1.55. The number of para-hydroxylation sites is 1. The quantitative estimate of drug-likeness (QED) is 0.224. The van der Waals surface area contributed by atoms with Gasteiger partial charge in [0.25, 0.3) is 0 Å². The molecule has 0 aliphatic heterocycles. The average Bonchev–Trinajstić information content (AvgIpc) is 3.23. The summed E-state index contributed by atoms with van der Waals surface area (Å²) >= 11 is 0. The van der Waals surface area contributed by atoms with Crippen LogP contribution in [0.5, 0.6) is 0 Å². The second-order valence-electron chi connectivity index (χ2n) is 10.1. The monoisotopic (exact) mass is 566 g/mol. The van der Waals surface area contributed by atoms with Crippen molar-refractivity contribution < 1.29 is 23.2 Å². The molecule has 9 heteroatoms. The fourth-order valence-electron chi connectivity index (χ4n) is 5.42. The van der Waals surface area contributed by atoms with Crippen molar-refractivity contribution in [2.45, 2.75) is 32.9 Å². The molecule has 0 aliphatic carbocycles. The van der Waals surface area contributed by atoms with Gasteiger partial charge in [0, 0.05) is 45.6 Å². The molecule has 2 amide bonds. The van der Waals surface area contributed by atoms with Gasteiger partial charge in [0.1, 0.15) is 18.2 Å². The van der Waals surface area contributed by atoms with E-state index in [1.54, 1.807) is 54.1 Å². The molecule has 2 heterocycles. The number of nitrogens with one attached hydrogen (secondary N) is 1. The van der Waals surface area contributed by atoms with E-state index in [2.05, 4.69) is 10.3 Å². The third-order valence-corrected chi connectivity index (χ3v) is 7.21. The second-order valence-corrected chi connectivity index (χ2v) is 10.1. The summed E-state index contributed by atoms with van der Waals surface area (Å²) in [7, 11) is 0. The minimum Gasteiger partial charge on any atom is -0.366 e. The Labute approximate surface area is 241 Å². The number of fused-ring (bicyclic) bond motifs is 1. The minimum absolute atomic E-state index is 0.0318. The van der Waals surface area contributed by atoms with Gasteiger partial charge in [-0.2, -0.15) is 0 Å². The number of benzene rings is 3. The molecule has 0 aliphatic rings. The molecule has 7 nitrogen and oxygen atoms in total. The summed E-state index contributed by atoms with van der Waals surface area (Å²) in [5.41, 5.74) is 9.75. The van der Waals surface area contributed by atoms with Crippen LogP contribution in [0.3, 0.4) is 0 Å². The van der Waals surface area contributed by atoms with Crippen LogP contribution in [0.1, 0.15) is 50.6 Å². The number of carbonyl (C=O) groups is 3. The summed E-state index contributed by atoms with van der Waals surface area (Å²) in [4.78, 5) is 42.5. The number of aromatic nitrogens is 2. The normalized spacial score (nSPS) is 11.8. The maximum atomic E-state index is 14.1. The lowest BCUT2D eigenvalue weighted by atomic mass is 9.94. The number of pyridine rings is 1. The molecule has 212 valence electrons. The Kier molecular flexibility index (Phi) is 7.93. The van der Waals surface area contributed by atoms with Crippen molar-refractivity contribution in [3.63, 3.8) is 0 Å². The van der Waals surface area contributed by atoms with Crippen LogP contribution in [0.25, 0.3) is 22.0 Å². The standard InChI is InChI=1S/C33H28F2N4O3/c1-19-31(20(2)40)27-9-3-4-11-29(27)39(19)18-30(41)38-28(15-21-13-24(34)17-25(35)14-21)32-26(10-6-12-37-32)22-7-5-8-23(16-22)33(36)42/h3-14,16-17,28H,15,18H2,1-2H3,(H2,36,42)(H,38,41). The Morgan fingerprint density at radius 2 is 1.69 bits per heavy atom. The molecular formula is C33H28F2N4O3. The summed E-state index contributed by atoms with van der Waals surface area (Å²) in [5.74, 6) is -2.57. The molecule has 0 spiro atoms. The second kappa shape index (κ2) is 11.7. The zero-order chi connectivity index (χ0) is 30.0. The van der Waals surface area contributed by atoms with Crippen LogP contribution in [0.15, 0.2) is 85.1 Å². The molecular weight excluding hydrogens is 538 g/mol. The van der Waals surface area contributed by atoms with E-state index in [9.17, 15) is 23.2 Å². The lowest BCUT2D eigenvalue weighted by molar-refractivity contribution is -0.122. The highest BCUT2D eigenvalue weighted by atomic mass is 19.1. The number of nitrogens with two attached hydrogens (primary N) is 1. The lowest BCUT2D eigenvalue weighted by Crippen LogP contribution is -2.34. The van der Waals surface area contributed by atoms with Gasteiger partial charge in [-0.05, 0) is 67.8 Å². The zero-order valence-corrected chi connectivity index (χ0v) is 23.0. The number of nitrogens with zero attached hydrogens (tertiary/aromatic N) is 2. The summed E-state index contributed by atoms with van der Waals surface area (Å²) in [5, 5.41) is 3.76. The molecule has 42 heavy (non-hydrogen) atoms. The van der Waals surface area contributed by atoms with Gasteiger partial charge in [0.05, 0.1) is 11.7 Å². The SMILES string of the molecule is CC(=O)c1c(C)n(CC(=O)NC(Cc2cc(F)cc(F)c2)c2ncccc2-c2cccc(C(N)=O)c2)c2ccccc12. The van der Waals surface area contributed by atoms with Gasteiger partial charge in [-0.1, -0.05) is 36.4 Å². The van der Waals surface area contributed by atoms with E-state index >= 15 is 0 Å². The number of rotatable bonds is 9. The van der Waals surface area contributed by atoms with E-state index in [1.165, 1.54) is 19.1 Å². The van der Waals surface area contributed by atoms with Crippen LogP contribution in [-0.2, 0) is 17.8 Å². The van der Waals surface area contributed by atoms with Crippen LogP contribution in [0, 0.1) is 18.6 Å². The fraction of sp³-hybridized carbons (Fsp3) is 0.152. The number of hydrogen-bond donors (Lipinski definition) is 2. The highest BCUT2D eigenvalue weighted by Crippen LogP contribution is 2.30. The average molecular weight is 567 g/mol. The number of hydrogen-bond acceptors (Lipinski definition) is 4. The lowest BCUT2D eigenvalue weighted by Gasteiger charge is -2.22. The minimum atomic E-state index is -0.804. The number of carbonyl (C=O) groups excluding carboxylic acids is 3. The molecule has 3 aromatic carbocycles. The molecule has 1 atom stereocenters. The van der Waals surface area contributed by atoms with Gasteiger partial charge in [0.15, 0.2) is 5.78 Å². The Morgan fingerprint density at radius 1 is 0.952 bits per heavy atom. The maximum absolute atomic E-state index is 14.1. The molecule has 5 aromatic rings. The summed E-state index contributed by atoms with van der Waals surface area (Å²) in [6.45, 7) is 3.18. The van der Waals surface area contributed by atoms with Crippen molar-refractivity contribution in [3.8, 4) is 11.1 Å². The van der Waals surface area contributed by atoms with Crippen molar-refractivity contribution in [3.05, 3.63) is 125 Å². The van der Waals surface area contributed by atoms with Crippen molar-refractivity contribution in [2.75, 3.05) is 0 Å². The molecule has 0 saturated carbocycles. The van der Waals surface area contributed by atoms with Crippen molar-refractivity contribution in [1.82, 2.24) is 14.9 Å². The van der Waals surface area contributed by atoms with E-state index < -0.39 is 29.5 Å². The summed E-state index contributed by atoms with van der Waals surface area (Å²) < 4.78 is 30.0. The van der Waals surface area contributed by atoms with Crippen LogP contribution in [-0.4, -0.2) is 27.1 Å². The Morgan fingerprint density at radius 3 is 2.40 bits per heavy atom. The molecule has 3 N–H and O–H groups in total. The van der Waals surface area contributed by atoms with Crippen molar-refractivity contribution in [2.24, 2.45) is 5.73 Å². The first kappa shape index (κ1) is 28.4. The Hall–Kier alpha value is -5.18. The van der Waals surface area contributed by atoms with Gasteiger partial charge in [-0.25, -0.2) is 8.78 Å². The van der Waals surface area contributed by atoms with Crippen LogP contribution in [0.2, 0.25) is 0 Å². The first-order valence-corrected chi connectivity index (χ1v) is 13.3. The molecule has 0 saturated heterocycles. The van der Waals surface area contributed by atoms with Gasteiger partial charge < -0.3 is 15.6 Å². The summed E-state index contributed by atoms with van der Waals surface area (Å²) in [6, 6.07) is 20.0. The number of halogens is 2. The molecule has 0 bridgehead atoms. The summed E-state index contributed by atoms with van der Waals surface area (Å²) in [6.07, 6.45) is 1.59. The van der Waals surface area contributed by atoms with Crippen LogP contribution >= 0.6 is 0 Å². The first-order valence-electron chi connectivity index (χ1n) is 13.3. The highest BCUT2D eigenvalue weighted by Gasteiger charge is 2.24. The van der Waals surface area contributed by atoms with Gasteiger partial charge >= 0.3 is 0 Å². The number of Topliss-reactive ketones (excluding diaryl/α,β-unsaturated/α-hetero) is 1. The smallest absolute Gasteiger partial charge is 0.248 e. The number of primary amides is 1. The largest absolute Gasteiger partial charge is 0.366 e. The van der Waals surface area contributed by atoms with Gasteiger partial charge in [0.2, 0.25) is 11.8 Å². The van der Waals surface area contributed by atoms with E-state index in [4.69, 9.17) is 5.73 Å². The predicted octanol–water partition coefficient (Wildman–Crippen LogP) is 5.69. The van der Waals surface area contributed by atoms with Crippen molar-refractivity contribution >= 4 is 28.5 Å². The zero-order valence-electron chi connectivity index (χ0n) is 23.0. The fourth-order valence-corrected chi connectivity index (χ4v) is 5.42. The van der Waals surface area contributed by atoms with Crippen LogP contribution in [0.4, 0.5) is 8.78 Å². The van der Waals surface area contributed by atoms with Gasteiger partial charge in [-0.15, -0.1) is 0 Å². The molecule has 2 aromatic heterocycles. The van der Waals surface area contributed by atoms with Gasteiger partial charge in [-0.3, -0.25) is 19.4 Å². The van der Waals surface area contributed by atoms with E-state index in [0.29, 0.717) is 39.2 Å². The third kappa shape index (κ3) is 5.81. The first-order chi connectivity index (χ1) is 20.1. The molecule has 0 radical (unpaired) electrons. The van der Waals surface area contributed by atoms with Crippen molar-refractivity contribution in [1.29, 1.82) is 0 Å². The predicted molar refractivity (Wildman–Crippen MR) is 156 cm³/mol. The van der Waals surface area contributed by atoms with E-state index in [-0.39, 0.29) is 18.7 Å². The molecule has 1 unspecified atom stereocenters. The highest BCUT2D eigenvalue weighted by molar-refractivity contribution is 6.08. The van der Waals surface area contributed by atoms with E-state index in [1.807, 2.05) is 24.3 Å². The number of amides is 2.